The molecule has 1 amide bonds. The lowest BCUT2D eigenvalue weighted by molar-refractivity contribution is -0.148. The van der Waals surface area contributed by atoms with E-state index in [0.717, 1.165) is 6.26 Å². The van der Waals surface area contributed by atoms with Gasteiger partial charge in [-0.25, -0.2) is 17.9 Å². The summed E-state index contributed by atoms with van der Waals surface area (Å²) in [7, 11) is -2.22. The van der Waals surface area contributed by atoms with Crippen LogP contribution in [0.5, 0.6) is 0 Å². The molecule has 1 N–H and O–H groups in total. The van der Waals surface area contributed by atoms with E-state index in [4.69, 9.17) is 9.47 Å². The highest BCUT2D eigenvalue weighted by atomic mass is 32.2. The van der Waals surface area contributed by atoms with Gasteiger partial charge in [0.15, 0.2) is 0 Å². The summed E-state index contributed by atoms with van der Waals surface area (Å²) in [5, 5.41) is 0. The molecule has 0 aromatic carbocycles. The molecule has 0 bridgehead atoms. The van der Waals surface area contributed by atoms with E-state index in [1.165, 1.54) is 12.0 Å². The van der Waals surface area contributed by atoms with Crippen LogP contribution in [0.1, 0.15) is 45.4 Å². The van der Waals surface area contributed by atoms with Crippen LogP contribution < -0.4 is 4.72 Å². The van der Waals surface area contributed by atoms with E-state index in [0.29, 0.717) is 32.1 Å². The molecule has 1 aliphatic carbocycles. The highest BCUT2D eigenvalue weighted by Crippen LogP contribution is 2.35. The summed E-state index contributed by atoms with van der Waals surface area (Å²) in [6.07, 6.45) is -2.27. The topological polar surface area (TPSA) is 84.9 Å². The number of halogens is 3. The van der Waals surface area contributed by atoms with Gasteiger partial charge in [-0.1, -0.05) is 0 Å². The molecule has 2 aliphatic rings. The van der Waals surface area contributed by atoms with E-state index in [9.17, 15) is 26.4 Å². The Bertz CT molecular complexity index is 635. The van der Waals surface area contributed by atoms with E-state index in [1.807, 2.05) is 0 Å². The number of carbonyl (C=O) groups is 1. The molecule has 0 radical (unpaired) electrons. The third-order valence-electron chi connectivity index (χ3n) is 5.46. The van der Waals surface area contributed by atoms with Crippen LogP contribution >= 0.6 is 0 Å². The number of likely N-dealkylation sites (tertiary alicyclic amines) is 1. The standard InChI is InChI=1S/C17H29F3N2O5S/c1-11-8-14(21-28(3,24)25)15(22(11)16(23)26-2)10-27-13-6-4-12(5-7-13)9-17(18,19)20/h11-15,21H,4-10H2,1-3H3/t11-,12?,13?,14+,15+/m1/s1. The number of hydrogen-bond acceptors (Lipinski definition) is 5. The van der Waals surface area contributed by atoms with Gasteiger partial charge in [0.25, 0.3) is 0 Å². The van der Waals surface area contributed by atoms with Gasteiger partial charge < -0.3 is 9.47 Å². The Kier molecular flexibility index (Phi) is 7.60. The fourth-order valence-corrected chi connectivity index (χ4v) is 5.05. The Morgan fingerprint density at radius 3 is 2.32 bits per heavy atom. The molecular formula is C17H29F3N2O5S. The number of nitrogens with zero attached hydrogens (tertiary/aromatic N) is 1. The highest BCUT2D eigenvalue weighted by Gasteiger charge is 2.44. The van der Waals surface area contributed by atoms with Gasteiger partial charge in [0.1, 0.15) is 0 Å². The van der Waals surface area contributed by atoms with Crippen LogP contribution in [-0.4, -0.2) is 69.8 Å². The average Bonchev–Trinajstić information content (AvgIpc) is 2.85. The first-order chi connectivity index (χ1) is 12.9. The number of carbonyl (C=O) groups excluding carboxylic acids is 1. The lowest BCUT2D eigenvalue weighted by Crippen LogP contribution is -2.50. The Morgan fingerprint density at radius 2 is 1.82 bits per heavy atom. The SMILES string of the molecule is COC(=O)N1[C@H](C)C[C@H](NS(C)(=O)=O)[C@@H]1COC1CCC(CC(F)(F)F)CC1. The van der Waals surface area contributed by atoms with Crippen molar-refractivity contribution in [1.82, 2.24) is 9.62 Å². The van der Waals surface area contributed by atoms with Crippen molar-refractivity contribution in [2.24, 2.45) is 5.92 Å². The monoisotopic (exact) mass is 430 g/mol. The van der Waals surface area contributed by atoms with Gasteiger partial charge in [-0.15, -0.1) is 0 Å². The first-order valence-corrected chi connectivity index (χ1v) is 11.3. The van der Waals surface area contributed by atoms with Crippen LogP contribution in [0.15, 0.2) is 0 Å². The van der Waals surface area contributed by atoms with Crippen LogP contribution in [0.25, 0.3) is 0 Å². The van der Waals surface area contributed by atoms with E-state index in [-0.39, 0.29) is 24.7 Å². The number of alkyl halides is 3. The number of hydrogen-bond donors (Lipinski definition) is 1. The minimum absolute atomic E-state index is 0.0984. The van der Waals surface area contributed by atoms with Crippen LogP contribution in [0.3, 0.4) is 0 Å². The van der Waals surface area contributed by atoms with Crippen LogP contribution in [-0.2, 0) is 19.5 Å². The zero-order chi connectivity index (χ0) is 21.1. The van der Waals surface area contributed by atoms with Crippen molar-refractivity contribution in [3.63, 3.8) is 0 Å². The summed E-state index contributed by atoms with van der Waals surface area (Å²) in [4.78, 5) is 13.6. The van der Waals surface area contributed by atoms with Gasteiger partial charge in [0.05, 0.1) is 32.1 Å². The Balaban J connectivity index is 1.95. The zero-order valence-electron chi connectivity index (χ0n) is 16.4. The normalized spacial score (nSPS) is 31.8. The molecule has 2 rings (SSSR count). The molecule has 3 atom stereocenters. The van der Waals surface area contributed by atoms with E-state index >= 15 is 0 Å². The lowest BCUT2D eigenvalue weighted by atomic mass is 9.85. The number of methoxy groups -OCH3 is 1. The van der Waals surface area contributed by atoms with Crippen molar-refractivity contribution in [2.75, 3.05) is 20.0 Å². The second-order valence-corrected chi connectivity index (χ2v) is 9.60. The molecule has 1 saturated carbocycles. The second-order valence-electron chi connectivity index (χ2n) is 7.82. The Labute approximate surface area is 164 Å². The minimum Gasteiger partial charge on any atom is -0.453 e. The number of nitrogens with one attached hydrogen (secondary N) is 1. The molecule has 7 nitrogen and oxygen atoms in total. The van der Waals surface area contributed by atoms with Crippen molar-refractivity contribution in [3.05, 3.63) is 0 Å². The van der Waals surface area contributed by atoms with Gasteiger partial charge in [-0.3, -0.25) is 4.90 Å². The van der Waals surface area contributed by atoms with Gasteiger partial charge in [0.2, 0.25) is 10.0 Å². The second kappa shape index (κ2) is 9.17. The summed E-state index contributed by atoms with van der Waals surface area (Å²) >= 11 is 0. The molecule has 0 unspecified atom stereocenters. The molecule has 28 heavy (non-hydrogen) atoms. The molecule has 1 aliphatic heterocycles. The number of amides is 1. The number of sulfonamides is 1. The number of ether oxygens (including phenoxy) is 2. The van der Waals surface area contributed by atoms with Gasteiger partial charge in [0, 0.05) is 18.5 Å². The largest absolute Gasteiger partial charge is 0.453 e. The lowest BCUT2D eigenvalue weighted by Gasteiger charge is -2.33. The van der Waals surface area contributed by atoms with Crippen LogP contribution in [0, 0.1) is 5.92 Å². The van der Waals surface area contributed by atoms with Gasteiger partial charge in [-0.05, 0) is 44.9 Å². The predicted molar refractivity (Wildman–Crippen MR) is 96.2 cm³/mol. The van der Waals surface area contributed by atoms with Crippen molar-refractivity contribution >= 4 is 16.1 Å². The van der Waals surface area contributed by atoms with Crippen LogP contribution in [0.2, 0.25) is 0 Å². The Hall–Kier alpha value is -1.07. The molecular weight excluding hydrogens is 401 g/mol. The van der Waals surface area contributed by atoms with Gasteiger partial charge in [-0.2, -0.15) is 13.2 Å². The van der Waals surface area contributed by atoms with E-state index in [1.54, 1.807) is 6.92 Å². The zero-order valence-corrected chi connectivity index (χ0v) is 17.2. The van der Waals surface area contributed by atoms with Crippen molar-refractivity contribution in [3.8, 4) is 0 Å². The maximum absolute atomic E-state index is 12.5. The third kappa shape index (κ3) is 6.77. The summed E-state index contributed by atoms with van der Waals surface area (Å²) in [5.74, 6) is -0.377. The maximum Gasteiger partial charge on any atom is 0.410 e. The highest BCUT2D eigenvalue weighted by molar-refractivity contribution is 7.88. The first kappa shape index (κ1) is 23.2. The maximum atomic E-state index is 12.5. The first-order valence-electron chi connectivity index (χ1n) is 9.41. The molecule has 164 valence electrons. The Morgan fingerprint density at radius 1 is 1.21 bits per heavy atom. The molecule has 0 spiro atoms. The fourth-order valence-electron chi connectivity index (χ4n) is 4.24. The molecule has 1 heterocycles. The molecule has 2 fully saturated rings. The molecule has 0 aromatic heterocycles. The average molecular weight is 430 g/mol. The quantitative estimate of drug-likeness (QED) is 0.700. The summed E-state index contributed by atoms with van der Waals surface area (Å²) < 4.78 is 74.1. The molecule has 11 heteroatoms. The summed E-state index contributed by atoms with van der Waals surface area (Å²) in [5.41, 5.74) is 0. The molecule has 0 aromatic rings. The summed E-state index contributed by atoms with van der Waals surface area (Å²) in [6, 6.07) is -1.28. The van der Waals surface area contributed by atoms with Gasteiger partial charge >= 0.3 is 12.3 Å². The van der Waals surface area contributed by atoms with Crippen LogP contribution in [0.4, 0.5) is 18.0 Å². The minimum atomic E-state index is -4.15. The summed E-state index contributed by atoms with van der Waals surface area (Å²) in [6.45, 7) is 1.90. The van der Waals surface area contributed by atoms with Crippen molar-refractivity contribution in [2.45, 2.75) is 75.9 Å². The van der Waals surface area contributed by atoms with Crippen molar-refractivity contribution in [1.29, 1.82) is 0 Å². The fraction of sp³-hybridized carbons (Fsp3) is 0.941. The van der Waals surface area contributed by atoms with Crippen molar-refractivity contribution < 1.29 is 35.9 Å². The van der Waals surface area contributed by atoms with E-state index in [2.05, 4.69) is 4.72 Å². The smallest absolute Gasteiger partial charge is 0.410 e. The predicted octanol–water partition coefficient (Wildman–Crippen LogP) is 2.66. The third-order valence-corrected chi connectivity index (χ3v) is 6.19. The van der Waals surface area contributed by atoms with E-state index < -0.39 is 40.8 Å². The molecule has 1 saturated heterocycles. The number of rotatable bonds is 6.